The Balaban J connectivity index is 1.98. The van der Waals surface area contributed by atoms with Crippen LogP contribution in [0.5, 0.6) is 5.75 Å². The summed E-state index contributed by atoms with van der Waals surface area (Å²) >= 11 is 12.0. The number of halogens is 2. The molecule has 0 saturated carbocycles. The highest BCUT2D eigenvalue weighted by Crippen LogP contribution is 2.41. The van der Waals surface area contributed by atoms with Crippen LogP contribution in [0.25, 0.3) is 0 Å². The van der Waals surface area contributed by atoms with E-state index < -0.39 is 18.4 Å². The topological polar surface area (TPSA) is 66.8 Å². The summed E-state index contributed by atoms with van der Waals surface area (Å²) in [5, 5.41) is 9.99. The van der Waals surface area contributed by atoms with Crippen LogP contribution in [0, 0.1) is 0 Å². The molecule has 5 nitrogen and oxygen atoms in total. The summed E-state index contributed by atoms with van der Waals surface area (Å²) in [5.41, 5.74) is 2.20. The van der Waals surface area contributed by atoms with Gasteiger partial charge in [0.25, 0.3) is 0 Å². The fourth-order valence-corrected chi connectivity index (χ4v) is 3.34. The fraction of sp³-hybridized carbons (Fsp3) is 0.222. The molecule has 2 aromatic rings. The zero-order valence-electron chi connectivity index (χ0n) is 13.3. The minimum Gasteiger partial charge on any atom is -0.497 e. The van der Waals surface area contributed by atoms with E-state index in [1.807, 2.05) is 6.07 Å². The van der Waals surface area contributed by atoms with Gasteiger partial charge in [0.15, 0.2) is 0 Å². The molecule has 0 radical (unpaired) electrons. The molecule has 1 aliphatic heterocycles. The molecule has 0 aliphatic carbocycles. The predicted octanol–water partition coefficient (Wildman–Crippen LogP) is 3.76. The standard InChI is InChI=1S/C18H15Cl2NO4/c1-25-11-3-4-12-13(6-10-2-5-14(19)15(20)7-10)18(24)21(9-17(22)23)16(12)8-11/h2-5,7-8,13H,6,9H2,1H3,(H,22,23). The van der Waals surface area contributed by atoms with Crippen LogP contribution in [0.15, 0.2) is 36.4 Å². The van der Waals surface area contributed by atoms with Gasteiger partial charge in [-0.1, -0.05) is 35.3 Å². The van der Waals surface area contributed by atoms with Crippen molar-refractivity contribution in [1.29, 1.82) is 0 Å². The lowest BCUT2D eigenvalue weighted by atomic mass is 9.93. The second kappa shape index (κ2) is 6.94. The van der Waals surface area contributed by atoms with Gasteiger partial charge in [-0.2, -0.15) is 0 Å². The van der Waals surface area contributed by atoms with Crippen molar-refractivity contribution >= 4 is 40.8 Å². The summed E-state index contributed by atoms with van der Waals surface area (Å²) in [6.45, 7) is -0.392. The molecular formula is C18H15Cl2NO4. The molecule has 0 saturated heterocycles. The third-order valence-corrected chi connectivity index (χ3v) is 4.92. The monoisotopic (exact) mass is 379 g/mol. The Labute approximate surface area is 154 Å². The molecule has 1 unspecified atom stereocenters. The third kappa shape index (κ3) is 3.43. The quantitative estimate of drug-likeness (QED) is 0.858. The van der Waals surface area contributed by atoms with Crippen molar-refractivity contribution in [3.05, 3.63) is 57.6 Å². The summed E-state index contributed by atoms with van der Waals surface area (Å²) < 4.78 is 5.19. The van der Waals surface area contributed by atoms with Crippen LogP contribution >= 0.6 is 23.2 Å². The first-order chi connectivity index (χ1) is 11.9. The second-order valence-electron chi connectivity index (χ2n) is 5.75. The van der Waals surface area contributed by atoms with Gasteiger partial charge in [-0.25, -0.2) is 0 Å². The number of methoxy groups -OCH3 is 1. The summed E-state index contributed by atoms with van der Waals surface area (Å²) in [7, 11) is 1.52. The van der Waals surface area contributed by atoms with Crippen LogP contribution in [0.2, 0.25) is 10.0 Å². The SMILES string of the molecule is COc1ccc2c(c1)N(CC(=O)O)C(=O)C2Cc1ccc(Cl)c(Cl)c1. The summed E-state index contributed by atoms with van der Waals surface area (Å²) in [5.74, 6) is -1.23. The van der Waals surface area contributed by atoms with Gasteiger partial charge in [-0.05, 0) is 35.7 Å². The molecule has 2 aromatic carbocycles. The van der Waals surface area contributed by atoms with E-state index in [9.17, 15) is 9.59 Å². The van der Waals surface area contributed by atoms with E-state index >= 15 is 0 Å². The van der Waals surface area contributed by atoms with Crippen LogP contribution in [0.4, 0.5) is 5.69 Å². The molecule has 25 heavy (non-hydrogen) atoms. The molecule has 7 heteroatoms. The molecule has 1 amide bonds. The van der Waals surface area contributed by atoms with Crippen LogP contribution in [-0.2, 0) is 16.0 Å². The average Bonchev–Trinajstić information content (AvgIpc) is 2.83. The van der Waals surface area contributed by atoms with Gasteiger partial charge in [0.2, 0.25) is 5.91 Å². The fourth-order valence-electron chi connectivity index (χ4n) is 3.02. The minimum atomic E-state index is -1.07. The number of benzene rings is 2. The maximum absolute atomic E-state index is 12.8. The molecule has 3 rings (SSSR count). The van der Waals surface area contributed by atoms with Gasteiger partial charge < -0.3 is 14.7 Å². The molecule has 0 aromatic heterocycles. The summed E-state index contributed by atoms with van der Waals surface area (Å²) in [6.07, 6.45) is 0.408. The highest BCUT2D eigenvalue weighted by molar-refractivity contribution is 6.42. The Morgan fingerprint density at radius 3 is 2.60 bits per heavy atom. The molecule has 0 fully saturated rings. The Morgan fingerprint density at radius 1 is 1.20 bits per heavy atom. The van der Waals surface area contributed by atoms with Crippen LogP contribution < -0.4 is 9.64 Å². The molecule has 1 heterocycles. The Morgan fingerprint density at radius 2 is 1.96 bits per heavy atom. The number of fused-ring (bicyclic) bond motifs is 1. The Bertz CT molecular complexity index is 853. The van der Waals surface area contributed by atoms with Gasteiger partial charge in [0.05, 0.1) is 28.8 Å². The lowest BCUT2D eigenvalue weighted by molar-refractivity contribution is -0.136. The molecule has 1 N–H and O–H groups in total. The number of rotatable bonds is 5. The van der Waals surface area contributed by atoms with Crippen LogP contribution in [-0.4, -0.2) is 30.6 Å². The van der Waals surface area contributed by atoms with Crippen LogP contribution in [0.3, 0.4) is 0 Å². The predicted molar refractivity (Wildman–Crippen MR) is 95.9 cm³/mol. The number of aliphatic carboxylic acids is 1. The van der Waals surface area contributed by atoms with Gasteiger partial charge in [0.1, 0.15) is 12.3 Å². The summed E-state index contributed by atoms with van der Waals surface area (Å²) in [6, 6.07) is 10.5. The van der Waals surface area contributed by atoms with Crippen molar-refractivity contribution in [3.63, 3.8) is 0 Å². The highest BCUT2D eigenvalue weighted by atomic mass is 35.5. The molecular weight excluding hydrogens is 365 g/mol. The number of nitrogens with zero attached hydrogens (tertiary/aromatic N) is 1. The zero-order valence-corrected chi connectivity index (χ0v) is 14.8. The zero-order chi connectivity index (χ0) is 18.1. The molecule has 130 valence electrons. The van der Waals surface area contributed by atoms with Crippen LogP contribution in [0.1, 0.15) is 17.0 Å². The number of carbonyl (C=O) groups excluding carboxylic acids is 1. The number of ether oxygens (including phenoxy) is 1. The minimum absolute atomic E-state index is 0.253. The normalized spacial score (nSPS) is 16.0. The number of anilines is 1. The van der Waals surface area contributed by atoms with E-state index in [1.54, 1.807) is 30.3 Å². The van der Waals surface area contributed by atoms with E-state index in [0.717, 1.165) is 11.1 Å². The van der Waals surface area contributed by atoms with Crippen molar-refractivity contribution in [1.82, 2.24) is 0 Å². The number of hydrogen-bond donors (Lipinski definition) is 1. The lowest BCUT2D eigenvalue weighted by Crippen LogP contribution is -2.34. The molecule has 0 bridgehead atoms. The maximum atomic E-state index is 12.8. The molecule has 1 aliphatic rings. The number of amides is 1. The first kappa shape index (κ1) is 17.6. The van der Waals surface area contributed by atoms with Gasteiger partial charge in [-0.15, -0.1) is 0 Å². The van der Waals surface area contributed by atoms with Crippen molar-refractivity contribution in [2.45, 2.75) is 12.3 Å². The van der Waals surface area contributed by atoms with E-state index in [-0.39, 0.29) is 5.91 Å². The van der Waals surface area contributed by atoms with E-state index in [4.69, 9.17) is 33.0 Å². The van der Waals surface area contributed by atoms with Gasteiger partial charge in [-0.3, -0.25) is 9.59 Å². The molecule has 1 atom stereocenters. The second-order valence-corrected chi connectivity index (χ2v) is 6.56. The van der Waals surface area contributed by atoms with Crippen molar-refractivity contribution in [3.8, 4) is 5.75 Å². The number of carbonyl (C=O) groups is 2. The van der Waals surface area contributed by atoms with E-state index in [1.165, 1.54) is 12.0 Å². The first-order valence-electron chi connectivity index (χ1n) is 7.55. The van der Waals surface area contributed by atoms with E-state index in [0.29, 0.717) is 27.9 Å². The number of carboxylic acids is 1. The lowest BCUT2D eigenvalue weighted by Gasteiger charge is -2.16. The van der Waals surface area contributed by atoms with Gasteiger partial charge >= 0.3 is 5.97 Å². The van der Waals surface area contributed by atoms with Crippen molar-refractivity contribution in [2.24, 2.45) is 0 Å². The van der Waals surface area contributed by atoms with Gasteiger partial charge in [0, 0.05) is 6.07 Å². The third-order valence-electron chi connectivity index (χ3n) is 4.19. The average molecular weight is 380 g/mol. The molecule has 0 spiro atoms. The maximum Gasteiger partial charge on any atom is 0.323 e. The van der Waals surface area contributed by atoms with Crippen molar-refractivity contribution < 1.29 is 19.4 Å². The largest absolute Gasteiger partial charge is 0.497 e. The Hall–Kier alpha value is -2.24. The van der Waals surface area contributed by atoms with Crippen molar-refractivity contribution in [2.75, 3.05) is 18.6 Å². The smallest absolute Gasteiger partial charge is 0.323 e. The number of hydrogen-bond acceptors (Lipinski definition) is 3. The summed E-state index contributed by atoms with van der Waals surface area (Å²) in [4.78, 5) is 25.3. The van der Waals surface area contributed by atoms with E-state index in [2.05, 4.69) is 0 Å². The highest BCUT2D eigenvalue weighted by Gasteiger charge is 2.38. The first-order valence-corrected chi connectivity index (χ1v) is 8.31. The Kier molecular flexibility index (Phi) is 4.88. The number of carboxylic acid groups (broad SMARTS) is 1.